The largest absolute Gasteiger partial charge is 0.359 e. The minimum atomic E-state index is 0.0715. The third-order valence-corrected chi connectivity index (χ3v) is 4.14. The zero-order valence-corrected chi connectivity index (χ0v) is 12.3. The van der Waals surface area contributed by atoms with Crippen LogP contribution in [0.15, 0.2) is 60.4 Å². The van der Waals surface area contributed by atoms with Gasteiger partial charge in [0.1, 0.15) is 0 Å². The topological polar surface area (TPSA) is 50.7 Å². The first-order valence-corrected chi connectivity index (χ1v) is 7.63. The van der Waals surface area contributed by atoms with Gasteiger partial charge in [0.25, 0.3) is 0 Å². The molecule has 21 heavy (non-hydrogen) atoms. The Morgan fingerprint density at radius 1 is 1.33 bits per heavy atom. The zero-order valence-electron chi connectivity index (χ0n) is 11.5. The minimum absolute atomic E-state index is 0.0715. The molecule has 5 heteroatoms. The van der Waals surface area contributed by atoms with Gasteiger partial charge in [-0.3, -0.25) is 4.79 Å². The van der Waals surface area contributed by atoms with Gasteiger partial charge in [-0.15, -0.1) is 6.58 Å². The number of rotatable bonds is 6. The maximum atomic E-state index is 12.1. The van der Waals surface area contributed by atoms with E-state index in [1.807, 2.05) is 36.4 Å². The maximum absolute atomic E-state index is 12.1. The molecule has 4 nitrogen and oxygen atoms in total. The van der Waals surface area contributed by atoms with Crippen LogP contribution < -0.4 is 0 Å². The number of carbonyl (C=O) groups is 1. The van der Waals surface area contributed by atoms with Gasteiger partial charge in [0.2, 0.25) is 0 Å². The van der Waals surface area contributed by atoms with E-state index in [1.165, 1.54) is 11.8 Å². The van der Waals surface area contributed by atoms with Crippen LogP contribution in [0.5, 0.6) is 0 Å². The monoisotopic (exact) mass is 297 g/mol. The lowest BCUT2D eigenvalue weighted by molar-refractivity contribution is 0.101. The number of carbonyl (C=O) groups excluding carboxylic acids is 1. The number of hydrogen-bond donors (Lipinski definition) is 1. The Labute approximate surface area is 126 Å². The summed E-state index contributed by atoms with van der Waals surface area (Å²) in [6, 6.07) is 11.6. The summed E-state index contributed by atoms with van der Waals surface area (Å²) in [6.45, 7) is 4.47. The number of para-hydroxylation sites is 2. The van der Waals surface area contributed by atoms with Crippen molar-refractivity contribution in [1.82, 2.24) is 14.5 Å². The summed E-state index contributed by atoms with van der Waals surface area (Å²) in [4.78, 5) is 19.6. The van der Waals surface area contributed by atoms with Crippen LogP contribution in [0, 0.1) is 0 Å². The van der Waals surface area contributed by atoms with Crippen LogP contribution in [-0.2, 0) is 6.54 Å². The van der Waals surface area contributed by atoms with E-state index in [4.69, 9.17) is 0 Å². The molecule has 0 atom stereocenters. The fourth-order valence-corrected chi connectivity index (χ4v) is 3.09. The predicted octanol–water partition coefficient (Wildman–Crippen LogP) is 3.53. The summed E-state index contributed by atoms with van der Waals surface area (Å²) in [6.07, 6.45) is 3.59. The Morgan fingerprint density at radius 3 is 2.95 bits per heavy atom. The zero-order chi connectivity index (χ0) is 14.7. The Morgan fingerprint density at radius 2 is 2.19 bits per heavy atom. The van der Waals surface area contributed by atoms with Crippen LogP contribution in [0.4, 0.5) is 0 Å². The average molecular weight is 297 g/mol. The van der Waals surface area contributed by atoms with E-state index in [0.717, 1.165) is 16.2 Å². The van der Waals surface area contributed by atoms with Crippen molar-refractivity contribution in [1.29, 1.82) is 0 Å². The van der Waals surface area contributed by atoms with Gasteiger partial charge in [0.05, 0.1) is 22.5 Å². The highest BCUT2D eigenvalue weighted by Crippen LogP contribution is 2.24. The van der Waals surface area contributed by atoms with Crippen molar-refractivity contribution in [3.05, 3.63) is 60.9 Å². The average Bonchev–Trinajstić information content (AvgIpc) is 3.14. The van der Waals surface area contributed by atoms with Crippen LogP contribution in [0.1, 0.15) is 10.5 Å². The molecule has 106 valence electrons. The van der Waals surface area contributed by atoms with Crippen molar-refractivity contribution < 1.29 is 4.79 Å². The van der Waals surface area contributed by atoms with E-state index in [1.54, 1.807) is 12.3 Å². The van der Waals surface area contributed by atoms with Gasteiger partial charge in [-0.1, -0.05) is 30.0 Å². The van der Waals surface area contributed by atoms with E-state index in [0.29, 0.717) is 18.0 Å². The smallest absolute Gasteiger partial charge is 0.189 e. The third kappa shape index (κ3) is 2.78. The number of thioether (sulfide) groups is 1. The van der Waals surface area contributed by atoms with Crippen LogP contribution in [0.3, 0.4) is 0 Å². The number of aromatic nitrogens is 3. The Hall–Kier alpha value is -2.27. The summed E-state index contributed by atoms with van der Waals surface area (Å²) in [7, 11) is 0. The fraction of sp³-hybridized carbons (Fsp3) is 0.125. The molecule has 0 aliphatic carbocycles. The number of hydrogen-bond acceptors (Lipinski definition) is 3. The van der Waals surface area contributed by atoms with E-state index in [-0.39, 0.29) is 5.78 Å². The molecule has 0 fully saturated rings. The molecular formula is C16H15N3OS. The van der Waals surface area contributed by atoms with Gasteiger partial charge in [0, 0.05) is 12.7 Å². The third-order valence-electron chi connectivity index (χ3n) is 3.16. The summed E-state index contributed by atoms with van der Waals surface area (Å²) in [5.74, 6) is 0.434. The molecular weight excluding hydrogens is 282 g/mol. The quantitative estimate of drug-likeness (QED) is 0.430. The highest BCUT2D eigenvalue weighted by molar-refractivity contribution is 7.99. The highest BCUT2D eigenvalue weighted by atomic mass is 32.2. The standard InChI is InChI=1S/C16H15N3OS/c1-2-10-19-14-8-4-3-6-12(14)18-16(19)21-11-15(20)13-7-5-9-17-13/h2-9,17H,1,10-11H2. The van der Waals surface area contributed by atoms with Gasteiger partial charge in [-0.25, -0.2) is 4.98 Å². The van der Waals surface area contributed by atoms with Gasteiger partial charge < -0.3 is 9.55 Å². The van der Waals surface area contributed by atoms with Gasteiger partial charge >= 0.3 is 0 Å². The number of H-pyrrole nitrogens is 1. The van der Waals surface area contributed by atoms with Crippen molar-refractivity contribution in [2.75, 3.05) is 5.75 Å². The molecule has 0 amide bonds. The normalized spacial score (nSPS) is 10.9. The Bertz CT molecular complexity index is 774. The van der Waals surface area contributed by atoms with Gasteiger partial charge in [-0.2, -0.15) is 0 Å². The first-order valence-electron chi connectivity index (χ1n) is 6.65. The molecule has 2 heterocycles. The van der Waals surface area contributed by atoms with Gasteiger partial charge in [-0.05, 0) is 24.3 Å². The molecule has 0 saturated heterocycles. The lowest BCUT2D eigenvalue weighted by Gasteiger charge is -2.05. The number of Topliss-reactive ketones (excluding diaryl/α,β-unsaturated/α-hetero) is 1. The molecule has 0 saturated carbocycles. The fourth-order valence-electron chi connectivity index (χ4n) is 2.18. The van der Waals surface area contributed by atoms with Gasteiger partial charge in [0.15, 0.2) is 10.9 Å². The molecule has 3 aromatic rings. The summed E-state index contributed by atoms with van der Waals surface area (Å²) >= 11 is 1.45. The van der Waals surface area contributed by atoms with Crippen LogP contribution >= 0.6 is 11.8 Å². The number of ketones is 1. The van der Waals surface area contributed by atoms with Crippen molar-refractivity contribution in [2.45, 2.75) is 11.7 Å². The molecule has 0 unspecified atom stereocenters. The molecule has 1 N–H and O–H groups in total. The molecule has 0 bridgehead atoms. The minimum Gasteiger partial charge on any atom is -0.359 e. The molecule has 0 radical (unpaired) electrons. The molecule has 2 aromatic heterocycles. The molecule has 3 rings (SSSR count). The van der Waals surface area contributed by atoms with E-state index < -0.39 is 0 Å². The predicted molar refractivity (Wildman–Crippen MR) is 85.8 cm³/mol. The maximum Gasteiger partial charge on any atom is 0.189 e. The molecule has 0 aliphatic rings. The first kappa shape index (κ1) is 13.7. The lowest BCUT2D eigenvalue weighted by Crippen LogP contribution is -2.04. The Kier molecular flexibility index (Phi) is 3.92. The molecule has 1 aromatic carbocycles. The number of nitrogens with zero attached hydrogens (tertiary/aromatic N) is 2. The van der Waals surface area contributed by atoms with Crippen molar-refractivity contribution in [2.24, 2.45) is 0 Å². The Balaban J connectivity index is 1.84. The lowest BCUT2D eigenvalue weighted by atomic mass is 10.3. The van der Waals surface area contributed by atoms with E-state index in [9.17, 15) is 4.79 Å². The molecule has 0 spiro atoms. The SMILES string of the molecule is C=CCn1c(SCC(=O)c2ccc[nH]2)nc2ccccc21. The number of aromatic amines is 1. The summed E-state index contributed by atoms with van der Waals surface area (Å²) < 4.78 is 2.08. The van der Waals surface area contributed by atoms with Crippen LogP contribution in [-0.4, -0.2) is 26.1 Å². The highest BCUT2D eigenvalue weighted by Gasteiger charge is 2.13. The van der Waals surface area contributed by atoms with E-state index >= 15 is 0 Å². The first-order chi connectivity index (χ1) is 10.3. The van der Waals surface area contributed by atoms with Crippen LogP contribution in [0.25, 0.3) is 11.0 Å². The molecule has 0 aliphatic heterocycles. The van der Waals surface area contributed by atoms with Crippen molar-refractivity contribution in [3.8, 4) is 0 Å². The number of allylic oxidation sites excluding steroid dienone is 1. The summed E-state index contributed by atoms with van der Waals surface area (Å²) in [5, 5.41) is 0.844. The number of nitrogens with one attached hydrogen (secondary N) is 1. The van der Waals surface area contributed by atoms with Crippen molar-refractivity contribution in [3.63, 3.8) is 0 Å². The van der Waals surface area contributed by atoms with E-state index in [2.05, 4.69) is 21.1 Å². The second-order valence-electron chi connectivity index (χ2n) is 4.58. The number of benzene rings is 1. The van der Waals surface area contributed by atoms with Crippen molar-refractivity contribution >= 4 is 28.6 Å². The second kappa shape index (κ2) is 6.01. The second-order valence-corrected chi connectivity index (χ2v) is 5.52. The number of imidazole rings is 1. The summed E-state index contributed by atoms with van der Waals surface area (Å²) in [5.41, 5.74) is 2.63. The van der Waals surface area contributed by atoms with Crippen LogP contribution in [0.2, 0.25) is 0 Å². The number of fused-ring (bicyclic) bond motifs is 1.